The molecule has 4 nitrogen and oxygen atoms in total. The van der Waals surface area contributed by atoms with E-state index in [-0.39, 0.29) is 0 Å². The lowest BCUT2D eigenvalue weighted by molar-refractivity contribution is 0.669. The van der Waals surface area contributed by atoms with Gasteiger partial charge >= 0.3 is 0 Å². The Balaban J connectivity index is 1.36. The number of benzene rings is 6. The first-order chi connectivity index (χ1) is 20.3. The molecule has 0 fully saturated rings. The summed E-state index contributed by atoms with van der Waals surface area (Å²) in [5, 5.41) is 4.45. The van der Waals surface area contributed by atoms with Crippen LogP contribution in [-0.2, 0) is 0 Å². The van der Waals surface area contributed by atoms with Crippen LogP contribution in [-0.4, -0.2) is 15.0 Å². The van der Waals surface area contributed by atoms with Crippen LogP contribution in [0.3, 0.4) is 0 Å². The van der Waals surface area contributed by atoms with E-state index in [1.807, 2.05) is 78.9 Å². The minimum atomic E-state index is 0.639. The highest BCUT2D eigenvalue weighted by Gasteiger charge is 2.16. The Bertz CT molecular complexity index is 2140. The van der Waals surface area contributed by atoms with Gasteiger partial charge in [0, 0.05) is 27.5 Å². The third kappa shape index (κ3) is 4.14. The van der Waals surface area contributed by atoms with Crippen LogP contribution >= 0.6 is 0 Å². The lowest BCUT2D eigenvalue weighted by Crippen LogP contribution is -2.00. The molecule has 2 heterocycles. The predicted molar refractivity (Wildman–Crippen MR) is 166 cm³/mol. The first kappa shape index (κ1) is 23.3. The van der Waals surface area contributed by atoms with Gasteiger partial charge < -0.3 is 4.42 Å². The monoisotopic (exact) mass is 525 g/mol. The molecule has 0 atom stereocenters. The lowest BCUT2D eigenvalue weighted by atomic mass is 9.95. The molecular weight excluding hydrogens is 502 g/mol. The zero-order valence-electron chi connectivity index (χ0n) is 22.0. The highest BCUT2D eigenvalue weighted by molar-refractivity contribution is 6.06. The van der Waals surface area contributed by atoms with Crippen LogP contribution in [0.15, 0.2) is 144 Å². The van der Waals surface area contributed by atoms with Crippen molar-refractivity contribution in [2.24, 2.45) is 0 Å². The summed E-state index contributed by atoms with van der Waals surface area (Å²) in [7, 11) is 0. The summed E-state index contributed by atoms with van der Waals surface area (Å²) in [5.41, 5.74) is 6.77. The van der Waals surface area contributed by atoms with Gasteiger partial charge in [-0.25, -0.2) is 15.0 Å². The Labute approximate surface area is 236 Å². The van der Waals surface area contributed by atoms with E-state index in [0.29, 0.717) is 17.5 Å². The third-order valence-electron chi connectivity index (χ3n) is 7.51. The highest BCUT2D eigenvalue weighted by Crippen LogP contribution is 2.37. The number of nitrogens with zero attached hydrogens (tertiary/aromatic N) is 3. The van der Waals surface area contributed by atoms with Crippen molar-refractivity contribution in [2.45, 2.75) is 0 Å². The van der Waals surface area contributed by atoms with Crippen LogP contribution in [0.1, 0.15) is 0 Å². The SMILES string of the molecule is c1ccc(-c2nc(-c3ccccc3)nc(-c3cc(-c4ccc5c(c4)oc4ccccc45)cc4ccccc34)n2)cc1. The summed E-state index contributed by atoms with van der Waals surface area (Å²) in [6, 6.07) is 47.6. The lowest BCUT2D eigenvalue weighted by Gasteiger charge is -2.12. The van der Waals surface area contributed by atoms with Crippen molar-refractivity contribution in [3.05, 3.63) is 140 Å². The number of hydrogen-bond acceptors (Lipinski definition) is 4. The predicted octanol–water partition coefficient (Wildman–Crippen LogP) is 9.59. The molecule has 0 unspecified atom stereocenters. The van der Waals surface area contributed by atoms with Crippen molar-refractivity contribution >= 4 is 32.7 Å². The van der Waals surface area contributed by atoms with Crippen LogP contribution in [0.5, 0.6) is 0 Å². The van der Waals surface area contributed by atoms with Gasteiger partial charge in [0.15, 0.2) is 17.5 Å². The molecule has 192 valence electrons. The molecular formula is C37H23N3O. The number of para-hydroxylation sites is 1. The standard InChI is InChI=1S/C37H23N3O/c1-3-11-24(12-4-1)35-38-36(25-13-5-2-6-14-25)40-37(39-35)32-22-28(21-27-15-7-8-16-29(27)32)26-19-20-31-30-17-9-10-18-33(30)41-34(31)23-26/h1-23H. The maximum atomic E-state index is 6.21. The van der Waals surface area contributed by atoms with Crippen molar-refractivity contribution in [2.75, 3.05) is 0 Å². The van der Waals surface area contributed by atoms with Crippen LogP contribution in [0.4, 0.5) is 0 Å². The Morgan fingerprint density at radius 3 is 1.68 bits per heavy atom. The molecule has 41 heavy (non-hydrogen) atoms. The summed E-state index contributed by atoms with van der Waals surface area (Å²) in [6.45, 7) is 0. The Kier molecular flexibility index (Phi) is 5.42. The van der Waals surface area contributed by atoms with E-state index in [1.54, 1.807) is 0 Å². The second-order valence-corrected chi connectivity index (χ2v) is 10.1. The summed E-state index contributed by atoms with van der Waals surface area (Å²) in [6.07, 6.45) is 0. The minimum absolute atomic E-state index is 0.639. The van der Waals surface area contributed by atoms with Gasteiger partial charge in [0.1, 0.15) is 11.2 Å². The van der Waals surface area contributed by atoms with E-state index in [0.717, 1.165) is 60.5 Å². The van der Waals surface area contributed by atoms with Gasteiger partial charge in [0.25, 0.3) is 0 Å². The second kappa shape index (κ2) is 9.54. The summed E-state index contributed by atoms with van der Waals surface area (Å²) in [5.74, 6) is 1.93. The zero-order chi connectivity index (χ0) is 27.2. The normalized spacial score (nSPS) is 11.4. The van der Waals surface area contributed by atoms with Crippen molar-refractivity contribution in [1.82, 2.24) is 15.0 Å². The van der Waals surface area contributed by atoms with E-state index >= 15 is 0 Å². The fourth-order valence-corrected chi connectivity index (χ4v) is 5.50. The third-order valence-corrected chi connectivity index (χ3v) is 7.51. The molecule has 0 radical (unpaired) electrons. The first-order valence-electron chi connectivity index (χ1n) is 13.6. The van der Waals surface area contributed by atoms with E-state index in [9.17, 15) is 0 Å². The molecule has 0 bridgehead atoms. The minimum Gasteiger partial charge on any atom is -0.456 e. The molecule has 0 saturated carbocycles. The number of aromatic nitrogens is 3. The van der Waals surface area contributed by atoms with Gasteiger partial charge in [-0.3, -0.25) is 0 Å². The van der Waals surface area contributed by atoms with Crippen molar-refractivity contribution in [3.63, 3.8) is 0 Å². The maximum Gasteiger partial charge on any atom is 0.164 e. The molecule has 6 aromatic carbocycles. The Morgan fingerprint density at radius 1 is 0.366 bits per heavy atom. The number of furan rings is 1. The van der Waals surface area contributed by atoms with Crippen LogP contribution in [0.2, 0.25) is 0 Å². The van der Waals surface area contributed by atoms with Gasteiger partial charge in [-0.05, 0) is 52.2 Å². The summed E-state index contributed by atoms with van der Waals surface area (Å²) >= 11 is 0. The van der Waals surface area contributed by atoms with Gasteiger partial charge in [-0.2, -0.15) is 0 Å². The van der Waals surface area contributed by atoms with E-state index in [4.69, 9.17) is 19.4 Å². The second-order valence-electron chi connectivity index (χ2n) is 10.1. The molecule has 2 aromatic heterocycles. The van der Waals surface area contributed by atoms with Crippen molar-refractivity contribution in [3.8, 4) is 45.3 Å². The smallest absolute Gasteiger partial charge is 0.164 e. The summed E-state index contributed by atoms with van der Waals surface area (Å²) < 4.78 is 6.21. The fraction of sp³-hybridized carbons (Fsp3) is 0. The first-order valence-corrected chi connectivity index (χ1v) is 13.6. The Morgan fingerprint density at radius 2 is 0.951 bits per heavy atom. The molecule has 8 aromatic rings. The van der Waals surface area contributed by atoms with E-state index < -0.39 is 0 Å². The van der Waals surface area contributed by atoms with Crippen LogP contribution < -0.4 is 0 Å². The zero-order valence-corrected chi connectivity index (χ0v) is 22.0. The average Bonchev–Trinajstić information content (AvgIpc) is 3.43. The van der Waals surface area contributed by atoms with Crippen molar-refractivity contribution in [1.29, 1.82) is 0 Å². The molecule has 0 saturated heterocycles. The van der Waals surface area contributed by atoms with Gasteiger partial charge in [0.05, 0.1) is 0 Å². The number of rotatable bonds is 4. The maximum absolute atomic E-state index is 6.21. The summed E-state index contributed by atoms with van der Waals surface area (Å²) in [4.78, 5) is 14.9. The van der Waals surface area contributed by atoms with Gasteiger partial charge in [0.2, 0.25) is 0 Å². The van der Waals surface area contributed by atoms with E-state index in [1.165, 1.54) is 0 Å². The molecule has 0 aliphatic rings. The number of hydrogen-bond donors (Lipinski definition) is 0. The molecule has 0 aliphatic carbocycles. The van der Waals surface area contributed by atoms with Gasteiger partial charge in [-0.15, -0.1) is 0 Å². The topological polar surface area (TPSA) is 51.8 Å². The molecule has 0 aliphatic heterocycles. The highest BCUT2D eigenvalue weighted by atomic mass is 16.3. The fourth-order valence-electron chi connectivity index (χ4n) is 5.50. The molecule has 4 heteroatoms. The van der Waals surface area contributed by atoms with Crippen LogP contribution in [0, 0.1) is 0 Å². The Hall–Kier alpha value is -5.61. The molecule has 0 amide bonds. The number of fused-ring (bicyclic) bond motifs is 4. The molecule has 0 N–H and O–H groups in total. The molecule has 0 spiro atoms. The van der Waals surface area contributed by atoms with E-state index in [2.05, 4.69) is 60.7 Å². The average molecular weight is 526 g/mol. The van der Waals surface area contributed by atoms with Crippen LogP contribution in [0.25, 0.3) is 78.0 Å². The molecule has 8 rings (SSSR count). The largest absolute Gasteiger partial charge is 0.456 e. The van der Waals surface area contributed by atoms with Crippen molar-refractivity contribution < 1.29 is 4.42 Å². The van der Waals surface area contributed by atoms with Gasteiger partial charge in [-0.1, -0.05) is 109 Å². The quantitative estimate of drug-likeness (QED) is 0.230.